The van der Waals surface area contributed by atoms with Gasteiger partial charge >= 0.3 is 0 Å². The average Bonchev–Trinajstić information content (AvgIpc) is 2.37. The summed E-state index contributed by atoms with van der Waals surface area (Å²) in [6.07, 6.45) is 0. The molecule has 2 aromatic carbocycles. The van der Waals surface area contributed by atoms with Crippen LogP contribution in [0.15, 0.2) is 36.4 Å². The molecule has 98 valence electrons. The highest BCUT2D eigenvalue weighted by molar-refractivity contribution is 6.31. The SMILES string of the molecule is Cc1ccc(C(=O)Nc2cc(Cl)ccc2O)cc1F. The van der Waals surface area contributed by atoms with Crippen LogP contribution in [0.3, 0.4) is 0 Å². The number of aryl methyl sites for hydroxylation is 1. The Labute approximate surface area is 114 Å². The maximum Gasteiger partial charge on any atom is 0.255 e. The second-order valence-electron chi connectivity index (χ2n) is 4.08. The second kappa shape index (κ2) is 5.28. The van der Waals surface area contributed by atoms with E-state index in [-0.39, 0.29) is 17.0 Å². The van der Waals surface area contributed by atoms with E-state index in [0.717, 1.165) is 6.07 Å². The minimum absolute atomic E-state index is 0.106. The molecule has 0 atom stereocenters. The van der Waals surface area contributed by atoms with E-state index in [1.54, 1.807) is 6.92 Å². The number of anilines is 1. The number of benzene rings is 2. The lowest BCUT2D eigenvalue weighted by molar-refractivity contribution is 0.102. The van der Waals surface area contributed by atoms with Gasteiger partial charge in [0, 0.05) is 10.6 Å². The third kappa shape index (κ3) is 3.03. The zero-order valence-electron chi connectivity index (χ0n) is 10.1. The summed E-state index contributed by atoms with van der Waals surface area (Å²) in [7, 11) is 0. The first-order valence-corrected chi connectivity index (χ1v) is 5.91. The second-order valence-corrected chi connectivity index (χ2v) is 4.52. The molecule has 3 nitrogen and oxygen atoms in total. The van der Waals surface area contributed by atoms with Gasteiger partial charge in [-0.05, 0) is 42.8 Å². The maximum absolute atomic E-state index is 13.4. The predicted octanol–water partition coefficient (Wildman–Crippen LogP) is 3.75. The number of phenolic OH excluding ortho intramolecular Hbond substituents is 1. The minimum Gasteiger partial charge on any atom is -0.506 e. The summed E-state index contributed by atoms with van der Waals surface area (Å²) >= 11 is 5.77. The van der Waals surface area contributed by atoms with E-state index in [0.29, 0.717) is 10.6 Å². The summed E-state index contributed by atoms with van der Waals surface area (Å²) in [5.74, 6) is -1.08. The van der Waals surface area contributed by atoms with Crippen molar-refractivity contribution in [3.8, 4) is 5.75 Å². The van der Waals surface area contributed by atoms with Crippen molar-refractivity contribution >= 4 is 23.2 Å². The summed E-state index contributed by atoms with van der Waals surface area (Å²) in [4.78, 5) is 11.9. The van der Waals surface area contributed by atoms with Gasteiger partial charge in [0.1, 0.15) is 11.6 Å². The molecule has 0 bridgehead atoms. The Morgan fingerprint density at radius 1 is 1.26 bits per heavy atom. The van der Waals surface area contributed by atoms with Gasteiger partial charge in [-0.15, -0.1) is 0 Å². The van der Waals surface area contributed by atoms with Crippen molar-refractivity contribution in [3.63, 3.8) is 0 Å². The highest BCUT2D eigenvalue weighted by Crippen LogP contribution is 2.27. The van der Waals surface area contributed by atoms with Crippen LogP contribution in [0.1, 0.15) is 15.9 Å². The number of aromatic hydroxyl groups is 1. The number of amides is 1. The number of halogens is 2. The lowest BCUT2D eigenvalue weighted by Crippen LogP contribution is -2.12. The van der Waals surface area contributed by atoms with Crippen molar-refractivity contribution in [1.29, 1.82) is 0 Å². The number of hydrogen-bond donors (Lipinski definition) is 2. The molecule has 19 heavy (non-hydrogen) atoms. The maximum atomic E-state index is 13.4. The molecule has 0 radical (unpaired) electrons. The van der Waals surface area contributed by atoms with E-state index >= 15 is 0 Å². The van der Waals surface area contributed by atoms with Crippen molar-refractivity contribution in [2.45, 2.75) is 6.92 Å². The number of phenols is 1. The lowest BCUT2D eigenvalue weighted by atomic mass is 10.1. The molecule has 5 heteroatoms. The van der Waals surface area contributed by atoms with Crippen LogP contribution in [0, 0.1) is 12.7 Å². The zero-order chi connectivity index (χ0) is 14.0. The van der Waals surface area contributed by atoms with Gasteiger partial charge in [0.15, 0.2) is 0 Å². The van der Waals surface area contributed by atoms with E-state index in [4.69, 9.17) is 11.6 Å². The highest BCUT2D eigenvalue weighted by atomic mass is 35.5. The number of hydrogen-bond acceptors (Lipinski definition) is 2. The third-order valence-corrected chi connectivity index (χ3v) is 2.88. The molecule has 2 rings (SSSR count). The normalized spacial score (nSPS) is 10.3. The average molecular weight is 280 g/mol. The van der Waals surface area contributed by atoms with Crippen LogP contribution >= 0.6 is 11.6 Å². The molecular formula is C14H11ClFNO2. The Balaban J connectivity index is 2.25. The Kier molecular flexibility index (Phi) is 3.71. The molecule has 0 aromatic heterocycles. The first-order chi connectivity index (χ1) is 8.97. The largest absolute Gasteiger partial charge is 0.506 e. The van der Waals surface area contributed by atoms with Crippen LogP contribution in [0.4, 0.5) is 10.1 Å². The minimum atomic E-state index is -0.517. The van der Waals surface area contributed by atoms with Crippen LogP contribution < -0.4 is 5.32 Å². The predicted molar refractivity (Wildman–Crippen MR) is 72.2 cm³/mol. The number of nitrogens with one attached hydrogen (secondary N) is 1. The van der Waals surface area contributed by atoms with Gasteiger partial charge in [0.25, 0.3) is 5.91 Å². The molecule has 2 N–H and O–H groups in total. The fourth-order valence-electron chi connectivity index (χ4n) is 1.54. The number of rotatable bonds is 2. The molecule has 0 heterocycles. The summed E-state index contributed by atoms with van der Waals surface area (Å²) in [6.45, 7) is 1.61. The Morgan fingerprint density at radius 3 is 2.68 bits per heavy atom. The molecule has 2 aromatic rings. The molecule has 0 aliphatic rings. The smallest absolute Gasteiger partial charge is 0.255 e. The Hall–Kier alpha value is -2.07. The lowest BCUT2D eigenvalue weighted by Gasteiger charge is -2.08. The van der Waals surface area contributed by atoms with Crippen molar-refractivity contribution in [2.75, 3.05) is 5.32 Å². The Bertz CT molecular complexity index is 643. The first kappa shape index (κ1) is 13.4. The Morgan fingerprint density at radius 2 is 2.00 bits per heavy atom. The van der Waals surface area contributed by atoms with Crippen molar-refractivity contribution in [1.82, 2.24) is 0 Å². The van der Waals surface area contributed by atoms with Crippen LogP contribution in [-0.4, -0.2) is 11.0 Å². The van der Waals surface area contributed by atoms with Gasteiger partial charge in [-0.1, -0.05) is 17.7 Å². The van der Waals surface area contributed by atoms with Gasteiger partial charge < -0.3 is 10.4 Å². The van der Waals surface area contributed by atoms with Crippen molar-refractivity contribution in [3.05, 3.63) is 58.4 Å². The summed E-state index contributed by atoms with van der Waals surface area (Å²) in [6, 6.07) is 8.45. The molecule has 0 saturated heterocycles. The molecule has 0 fully saturated rings. The third-order valence-electron chi connectivity index (χ3n) is 2.64. The standard InChI is InChI=1S/C14H11ClFNO2/c1-8-2-3-9(6-11(8)16)14(19)17-12-7-10(15)4-5-13(12)18/h2-7,18H,1H3,(H,17,19). The van der Waals surface area contributed by atoms with E-state index in [1.165, 1.54) is 30.3 Å². The first-order valence-electron chi connectivity index (χ1n) is 5.53. The zero-order valence-corrected chi connectivity index (χ0v) is 10.8. The van der Waals surface area contributed by atoms with Gasteiger partial charge in [0.05, 0.1) is 5.69 Å². The van der Waals surface area contributed by atoms with E-state index in [9.17, 15) is 14.3 Å². The van der Waals surface area contributed by atoms with Crippen molar-refractivity contribution < 1.29 is 14.3 Å². The quantitative estimate of drug-likeness (QED) is 0.823. The van der Waals surface area contributed by atoms with Crippen LogP contribution in [0.25, 0.3) is 0 Å². The fraction of sp³-hybridized carbons (Fsp3) is 0.0714. The highest BCUT2D eigenvalue weighted by Gasteiger charge is 2.11. The molecule has 1 amide bonds. The monoisotopic (exact) mass is 279 g/mol. The van der Waals surface area contributed by atoms with Crippen LogP contribution in [0.2, 0.25) is 5.02 Å². The van der Waals surface area contributed by atoms with Gasteiger partial charge in [-0.3, -0.25) is 4.79 Å². The molecule has 0 aliphatic carbocycles. The van der Waals surface area contributed by atoms with E-state index in [2.05, 4.69) is 5.32 Å². The topological polar surface area (TPSA) is 49.3 Å². The molecular weight excluding hydrogens is 269 g/mol. The van der Waals surface area contributed by atoms with Gasteiger partial charge in [0.2, 0.25) is 0 Å². The number of carbonyl (C=O) groups is 1. The summed E-state index contributed by atoms with van der Waals surface area (Å²) < 4.78 is 13.4. The summed E-state index contributed by atoms with van der Waals surface area (Å²) in [5, 5.41) is 12.4. The van der Waals surface area contributed by atoms with Gasteiger partial charge in [-0.25, -0.2) is 4.39 Å². The van der Waals surface area contributed by atoms with Crippen molar-refractivity contribution in [2.24, 2.45) is 0 Å². The van der Waals surface area contributed by atoms with E-state index < -0.39 is 11.7 Å². The molecule has 0 spiro atoms. The summed E-state index contributed by atoms with van der Waals surface area (Å²) in [5.41, 5.74) is 0.808. The number of carbonyl (C=O) groups excluding carboxylic acids is 1. The van der Waals surface area contributed by atoms with Gasteiger partial charge in [-0.2, -0.15) is 0 Å². The fourth-order valence-corrected chi connectivity index (χ4v) is 1.71. The molecule has 0 unspecified atom stereocenters. The van der Waals surface area contributed by atoms with Crippen LogP contribution in [-0.2, 0) is 0 Å². The molecule has 0 aliphatic heterocycles. The molecule has 0 saturated carbocycles. The van der Waals surface area contributed by atoms with Crippen LogP contribution in [0.5, 0.6) is 5.75 Å². The van der Waals surface area contributed by atoms with E-state index in [1.807, 2.05) is 0 Å².